The van der Waals surface area contributed by atoms with Gasteiger partial charge in [-0.2, -0.15) is 0 Å². The zero-order valence-electron chi connectivity index (χ0n) is 16.9. The van der Waals surface area contributed by atoms with Crippen LogP contribution in [0.1, 0.15) is 36.8 Å². The SMILES string of the molecule is Cc1cccc(NC(=O)COc2ccc(CCNC(=O)C3(N)CCCC3)cc2)c1. The lowest BCUT2D eigenvalue weighted by Gasteiger charge is -2.22. The Morgan fingerprint density at radius 3 is 2.52 bits per heavy atom. The molecule has 0 unspecified atom stereocenters. The molecule has 2 amide bonds. The molecule has 1 fully saturated rings. The van der Waals surface area contributed by atoms with Gasteiger partial charge in [0, 0.05) is 12.2 Å². The minimum absolute atomic E-state index is 0.0467. The Morgan fingerprint density at radius 1 is 1.10 bits per heavy atom. The minimum Gasteiger partial charge on any atom is -0.484 e. The highest BCUT2D eigenvalue weighted by Crippen LogP contribution is 2.27. The van der Waals surface area contributed by atoms with Gasteiger partial charge in [0.05, 0.1) is 5.54 Å². The molecule has 1 aliphatic rings. The normalized spacial score (nSPS) is 15.0. The van der Waals surface area contributed by atoms with Crippen molar-refractivity contribution in [3.8, 4) is 5.75 Å². The fraction of sp³-hybridized carbons (Fsp3) is 0.391. The smallest absolute Gasteiger partial charge is 0.262 e. The number of carbonyl (C=O) groups is 2. The van der Waals surface area contributed by atoms with Gasteiger partial charge >= 0.3 is 0 Å². The van der Waals surface area contributed by atoms with E-state index in [-0.39, 0.29) is 18.4 Å². The van der Waals surface area contributed by atoms with Crippen LogP contribution in [-0.2, 0) is 16.0 Å². The van der Waals surface area contributed by atoms with Crippen LogP contribution in [0.4, 0.5) is 5.69 Å². The van der Waals surface area contributed by atoms with Gasteiger partial charge in [0.25, 0.3) is 5.91 Å². The Hall–Kier alpha value is -2.86. The predicted molar refractivity (Wildman–Crippen MR) is 114 cm³/mol. The Kier molecular flexibility index (Phi) is 6.88. The van der Waals surface area contributed by atoms with E-state index in [4.69, 9.17) is 10.5 Å². The summed E-state index contributed by atoms with van der Waals surface area (Å²) < 4.78 is 5.55. The highest BCUT2D eigenvalue weighted by Gasteiger charge is 2.36. The number of ether oxygens (including phenoxy) is 1. The van der Waals surface area contributed by atoms with E-state index >= 15 is 0 Å². The summed E-state index contributed by atoms with van der Waals surface area (Å²) in [6.45, 7) is 2.47. The molecule has 2 aromatic carbocycles. The van der Waals surface area contributed by atoms with Crippen LogP contribution < -0.4 is 21.1 Å². The molecule has 0 aliphatic heterocycles. The van der Waals surface area contributed by atoms with Gasteiger partial charge in [0.2, 0.25) is 5.91 Å². The van der Waals surface area contributed by atoms with Gasteiger partial charge in [-0.15, -0.1) is 0 Å². The Balaban J connectivity index is 1.39. The lowest BCUT2D eigenvalue weighted by atomic mass is 9.98. The third-order valence-electron chi connectivity index (χ3n) is 5.24. The molecule has 3 rings (SSSR count). The quantitative estimate of drug-likeness (QED) is 0.641. The predicted octanol–water partition coefficient (Wildman–Crippen LogP) is 2.94. The summed E-state index contributed by atoms with van der Waals surface area (Å²) in [7, 11) is 0. The van der Waals surface area contributed by atoms with Gasteiger partial charge in [0.15, 0.2) is 6.61 Å². The third-order valence-corrected chi connectivity index (χ3v) is 5.24. The molecular weight excluding hydrogens is 366 g/mol. The maximum Gasteiger partial charge on any atom is 0.262 e. The standard InChI is InChI=1S/C23H29N3O3/c1-17-5-4-6-19(15-17)26-21(27)16-29-20-9-7-18(8-10-20)11-14-25-22(28)23(24)12-2-3-13-23/h4-10,15H,2-3,11-14,16,24H2,1H3,(H,25,28)(H,26,27). The lowest BCUT2D eigenvalue weighted by Crippen LogP contribution is -2.52. The average molecular weight is 396 g/mol. The summed E-state index contributed by atoms with van der Waals surface area (Å²) in [5.41, 5.74) is 8.39. The number of aryl methyl sites for hydroxylation is 1. The van der Waals surface area contributed by atoms with Gasteiger partial charge in [-0.1, -0.05) is 37.1 Å². The number of carbonyl (C=O) groups excluding carboxylic acids is 2. The molecule has 6 nitrogen and oxygen atoms in total. The highest BCUT2D eigenvalue weighted by molar-refractivity contribution is 5.91. The molecule has 29 heavy (non-hydrogen) atoms. The van der Waals surface area contributed by atoms with Gasteiger partial charge in [-0.05, 0) is 61.6 Å². The first-order chi connectivity index (χ1) is 13.9. The van der Waals surface area contributed by atoms with E-state index in [1.807, 2.05) is 55.5 Å². The summed E-state index contributed by atoms with van der Waals surface area (Å²) >= 11 is 0. The molecule has 6 heteroatoms. The van der Waals surface area contributed by atoms with E-state index in [0.29, 0.717) is 12.3 Å². The Bertz CT molecular complexity index is 843. The van der Waals surface area contributed by atoms with E-state index in [2.05, 4.69) is 10.6 Å². The molecule has 0 radical (unpaired) electrons. The molecule has 1 saturated carbocycles. The van der Waals surface area contributed by atoms with Crippen LogP contribution in [-0.4, -0.2) is 30.5 Å². The zero-order valence-corrected chi connectivity index (χ0v) is 16.9. The molecular formula is C23H29N3O3. The maximum atomic E-state index is 12.2. The number of hydrogen-bond acceptors (Lipinski definition) is 4. The molecule has 4 N–H and O–H groups in total. The number of hydrogen-bond donors (Lipinski definition) is 3. The average Bonchev–Trinajstić information content (AvgIpc) is 3.15. The summed E-state index contributed by atoms with van der Waals surface area (Å²) in [5.74, 6) is 0.378. The first-order valence-corrected chi connectivity index (χ1v) is 10.1. The van der Waals surface area contributed by atoms with Crippen LogP contribution in [0, 0.1) is 6.92 Å². The lowest BCUT2D eigenvalue weighted by molar-refractivity contribution is -0.126. The first-order valence-electron chi connectivity index (χ1n) is 10.1. The molecule has 2 aromatic rings. The summed E-state index contributed by atoms with van der Waals surface area (Å²) in [6.07, 6.45) is 4.30. The van der Waals surface area contributed by atoms with Crippen LogP contribution in [0.5, 0.6) is 5.75 Å². The van der Waals surface area contributed by atoms with E-state index in [1.165, 1.54) is 0 Å². The van der Waals surface area contributed by atoms with Crippen molar-refractivity contribution in [1.82, 2.24) is 5.32 Å². The molecule has 154 valence electrons. The number of rotatable bonds is 8. The monoisotopic (exact) mass is 395 g/mol. The van der Waals surface area contributed by atoms with E-state index in [0.717, 1.165) is 48.9 Å². The minimum atomic E-state index is -0.684. The number of benzene rings is 2. The second kappa shape index (κ2) is 9.56. The van der Waals surface area contributed by atoms with Crippen molar-refractivity contribution in [3.63, 3.8) is 0 Å². The molecule has 0 atom stereocenters. The van der Waals surface area contributed by atoms with Crippen molar-refractivity contribution in [1.29, 1.82) is 0 Å². The number of nitrogens with two attached hydrogens (primary N) is 1. The molecule has 0 aromatic heterocycles. The van der Waals surface area contributed by atoms with Crippen LogP contribution >= 0.6 is 0 Å². The summed E-state index contributed by atoms with van der Waals surface area (Å²) in [4.78, 5) is 24.2. The number of nitrogens with one attached hydrogen (secondary N) is 2. The largest absolute Gasteiger partial charge is 0.484 e. The molecule has 0 bridgehead atoms. The fourth-order valence-electron chi connectivity index (χ4n) is 3.55. The fourth-order valence-corrected chi connectivity index (χ4v) is 3.55. The van der Waals surface area contributed by atoms with Gasteiger partial charge < -0.3 is 21.1 Å². The van der Waals surface area contributed by atoms with Crippen LogP contribution in [0.25, 0.3) is 0 Å². The first kappa shape index (κ1) is 20.9. The summed E-state index contributed by atoms with van der Waals surface area (Å²) in [6, 6.07) is 15.2. The van der Waals surface area contributed by atoms with Crippen molar-refractivity contribution in [2.24, 2.45) is 5.73 Å². The van der Waals surface area contributed by atoms with Crippen molar-refractivity contribution in [2.75, 3.05) is 18.5 Å². The second-order valence-corrected chi connectivity index (χ2v) is 7.72. The zero-order chi connectivity index (χ0) is 20.7. The van der Waals surface area contributed by atoms with Crippen molar-refractivity contribution < 1.29 is 14.3 Å². The van der Waals surface area contributed by atoms with E-state index < -0.39 is 5.54 Å². The van der Waals surface area contributed by atoms with Crippen molar-refractivity contribution >= 4 is 17.5 Å². The highest BCUT2D eigenvalue weighted by atomic mass is 16.5. The van der Waals surface area contributed by atoms with E-state index in [9.17, 15) is 9.59 Å². The van der Waals surface area contributed by atoms with Crippen LogP contribution in [0.3, 0.4) is 0 Å². The number of amides is 2. The summed E-state index contributed by atoms with van der Waals surface area (Å²) in [5, 5.41) is 5.76. The number of anilines is 1. The Labute approximate surface area is 171 Å². The van der Waals surface area contributed by atoms with Crippen LogP contribution in [0.2, 0.25) is 0 Å². The van der Waals surface area contributed by atoms with Gasteiger partial charge in [0.1, 0.15) is 5.75 Å². The molecule has 0 heterocycles. The molecule has 1 aliphatic carbocycles. The Morgan fingerprint density at radius 2 is 1.83 bits per heavy atom. The molecule has 0 spiro atoms. The topological polar surface area (TPSA) is 93.5 Å². The van der Waals surface area contributed by atoms with Gasteiger partial charge in [-0.3, -0.25) is 9.59 Å². The second-order valence-electron chi connectivity index (χ2n) is 7.72. The van der Waals surface area contributed by atoms with E-state index in [1.54, 1.807) is 0 Å². The van der Waals surface area contributed by atoms with Crippen molar-refractivity contribution in [3.05, 3.63) is 59.7 Å². The maximum absolute atomic E-state index is 12.2. The molecule has 0 saturated heterocycles. The van der Waals surface area contributed by atoms with Crippen LogP contribution in [0.15, 0.2) is 48.5 Å². The van der Waals surface area contributed by atoms with Gasteiger partial charge in [-0.25, -0.2) is 0 Å². The third kappa shape index (κ3) is 6.06. The van der Waals surface area contributed by atoms with Crippen molar-refractivity contribution in [2.45, 2.75) is 44.6 Å².